The number of nitrogens with one attached hydrogen (secondary N) is 1. The highest BCUT2D eigenvalue weighted by Gasteiger charge is 2.35. The quantitative estimate of drug-likeness (QED) is 0.837. The van der Waals surface area contributed by atoms with Gasteiger partial charge < -0.3 is 5.32 Å². The zero-order valence-corrected chi connectivity index (χ0v) is 11.4. The molecule has 0 amide bonds. The van der Waals surface area contributed by atoms with Gasteiger partial charge in [0.15, 0.2) is 0 Å². The van der Waals surface area contributed by atoms with Gasteiger partial charge in [-0.2, -0.15) is 5.10 Å². The summed E-state index contributed by atoms with van der Waals surface area (Å²) in [7, 11) is 2.03. The van der Waals surface area contributed by atoms with E-state index in [0.29, 0.717) is 0 Å². The van der Waals surface area contributed by atoms with Crippen LogP contribution >= 0.6 is 0 Å². The van der Waals surface area contributed by atoms with Gasteiger partial charge >= 0.3 is 0 Å². The number of hydrogen-bond acceptors (Lipinski definition) is 2. The van der Waals surface area contributed by atoms with Crippen molar-refractivity contribution >= 4 is 0 Å². The summed E-state index contributed by atoms with van der Waals surface area (Å²) in [6.07, 6.45) is 11.7. The topological polar surface area (TPSA) is 29.9 Å². The van der Waals surface area contributed by atoms with Gasteiger partial charge in [0.25, 0.3) is 0 Å². The molecule has 0 bridgehead atoms. The highest BCUT2D eigenvalue weighted by Crippen LogP contribution is 2.39. The highest BCUT2D eigenvalue weighted by molar-refractivity contribution is 5.01. The number of aryl methyl sites for hydroxylation is 1. The average molecular weight is 247 g/mol. The summed E-state index contributed by atoms with van der Waals surface area (Å²) >= 11 is 0. The van der Waals surface area contributed by atoms with Crippen LogP contribution in [0.15, 0.2) is 12.3 Å². The van der Waals surface area contributed by atoms with E-state index in [1.54, 1.807) is 0 Å². The van der Waals surface area contributed by atoms with Crippen LogP contribution in [0.2, 0.25) is 0 Å². The van der Waals surface area contributed by atoms with Crippen LogP contribution in [0.5, 0.6) is 0 Å². The third kappa shape index (κ3) is 2.46. The van der Waals surface area contributed by atoms with Gasteiger partial charge in [0.2, 0.25) is 0 Å². The lowest BCUT2D eigenvalue weighted by molar-refractivity contribution is 0.124. The first kappa shape index (κ1) is 12.2. The minimum atomic E-state index is 0.806. The van der Waals surface area contributed by atoms with E-state index in [4.69, 9.17) is 0 Å². The molecular formula is C15H25N3. The normalized spacial score (nSPS) is 21.0. The Morgan fingerprint density at radius 2 is 1.94 bits per heavy atom. The van der Waals surface area contributed by atoms with E-state index < -0.39 is 0 Å². The van der Waals surface area contributed by atoms with E-state index in [1.807, 2.05) is 17.9 Å². The molecule has 0 saturated heterocycles. The van der Waals surface area contributed by atoms with Crippen LogP contribution in [0.25, 0.3) is 0 Å². The molecule has 0 aliphatic heterocycles. The third-order valence-corrected chi connectivity index (χ3v) is 5.00. The largest absolute Gasteiger partial charge is 0.313 e. The van der Waals surface area contributed by atoms with Gasteiger partial charge in [0, 0.05) is 37.9 Å². The maximum atomic E-state index is 4.23. The van der Waals surface area contributed by atoms with E-state index in [2.05, 4.69) is 16.5 Å². The molecular weight excluding hydrogens is 222 g/mol. The standard InChI is InChI=1S/C15H25N3/c1-18-14(9-11-17-18)8-10-16-15(12-4-2-5-12)13-6-3-7-13/h9,11-13,15-16H,2-8,10H2,1H3. The maximum Gasteiger partial charge on any atom is 0.0492 e. The first-order chi connectivity index (χ1) is 8.84. The lowest BCUT2D eigenvalue weighted by Gasteiger charge is -2.43. The second-order valence-electron chi connectivity index (χ2n) is 6.06. The van der Waals surface area contributed by atoms with E-state index in [0.717, 1.165) is 30.8 Å². The summed E-state index contributed by atoms with van der Waals surface area (Å²) in [5, 5.41) is 8.08. The van der Waals surface area contributed by atoms with Crippen LogP contribution in [0.4, 0.5) is 0 Å². The van der Waals surface area contributed by atoms with E-state index >= 15 is 0 Å². The molecule has 2 saturated carbocycles. The first-order valence-electron chi connectivity index (χ1n) is 7.55. The second-order valence-corrected chi connectivity index (χ2v) is 6.06. The summed E-state index contributed by atoms with van der Waals surface area (Å²) < 4.78 is 1.99. The Morgan fingerprint density at radius 3 is 2.39 bits per heavy atom. The van der Waals surface area contributed by atoms with Gasteiger partial charge in [-0.1, -0.05) is 12.8 Å². The number of rotatable bonds is 6. The lowest BCUT2D eigenvalue weighted by Crippen LogP contribution is -2.47. The number of nitrogens with zero attached hydrogens (tertiary/aromatic N) is 2. The molecule has 3 nitrogen and oxygen atoms in total. The Morgan fingerprint density at radius 1 is 1.28 bits per heavy atom. The van der Waals surface area contributed by atoms with Gasteiger partial charge in [-0.3, -0.25) is 4.68 Å². The predicted octanol–water partition coefficient (Wildman–Crippen LogP) is 2.52. The minimum Gasteiger partial charge on any atom is -0.313 e. The lowest BCUT2D eigenvalue weighted by atomic mass is 9.68. The Bertz CT molecular complexity index is 363. The Labute approximate surface area is 110 Å². The van der Waals surface area contributed by atoms with Crippen molar-refractivity contribution in [2.24, 2.45) is 18.9 Å². The molecule has 2 aliphatic rings. The van der Waals surface area contributed by atoms with Crippen molar-refractivity contribution in [3.05, 3.63) is 18.0 Å². The maximum absolute atomic E-state index is 4.23. The zero-order valence-electron chi connectivity index (χ0n) is 11.4. The summed E-state index contributed by atoms with van der Waals surface area (Å²) in [4.78, 5) is 0. The fraction of sp³-hybridized carbons (Fsp3) is 0.800. The van der Waals surface area contributed by atoms with Crippen molar-refractivity contribution in [1.29, 1.82) is 0 Å². The summed E-state index contributed by atoms with van der Waals surface area (Å²) in [5.74, 6) is 1.95. The molecule has 1 aromatic rings. The monoisotopic (exact) mass is 247 g/mol. The molecule has 2 fully saturated rings. The van der Waals surface area contributed by atoms with Gasteiger partial charge in [-0.15, -0.1) is 0 Å². The van der Waals surface area contributed by atoms with Crippen LogP contribution in [0.3, 0.4) is 0 Å². The first-order valence-corrected chi connectivity index (χ1v) is 7.55. The Kier molecular flexibility index (Phi) is 3.69. The molecule has 1 heterocycles. The summed E-state index contributed by atoms with van der Waals surface area (Å²) in [6.45, 7) is 1.11. The van der Waals surface area contributed by atoms with Crippen molar-refractivity contribution in [1.82, 2.24) is 15.1 Å². The van der Waals surface area contributed by atoms with Crippen molar-refractivity contribution in [3.8, 4) is 0 Å². The van der Waals surface area contributed by atoms with E-state index in [9.17, 15) is 0 Å². The molecule has 1 N–H and O–H groups in total. The van der Waals surface area contributed by atoms with Gasteiger partial charge in [-0.05, 0) is 43.6 Å². The van der Waals surface area contributed by atoms with Crippen molar-refractivity contribution in [3.63, 3.8) is 0 Å². The molecule has 0 unspecified atom stereocenters. The summed E-state index contributed by atoms with van der Waals surface area (Å²) in [5.41, 5.74) is 1.34. The molecule has 0 atom stereocenters. The van der Waals surface area contributed by atoms with Gasteiger partial charge in [0.1, 0.15) is 0 Å². The van der Waals surface area contributed by atoms with Crippen molar-refractivity contribution in [2.75, 3.05) is 6.54 Å². The molecule has 2 aliphatic carbocycles. The molecule has 18 heavy (non-hydrogen) atoms. The smallest absolute Gasteiger partial charge is 0.0492 e. The molecule has 0 radical (unpaired) electrons. The van der Waals surface area contributed by atoms with Gasteiger partial charge in [0.05, 0.1) is 0 Å². The number of aromatic nitrogens is 2. The average Bonchev–Trinajstić information content (AvgIpc) is 2.59. The van der Waals surface area contributed by atoms with E-state index in [-0.39, 0.29) is 0 Å². The molecule has 0 aromatic carbocycles. The van der Waals surface area contributed by atoms with Crippen molar-refractivity contribution < 1.29 is 0 Å². The SMILES string of the molecule is Cn1nccc1CCNC(C1CCC1)C1CCC1. The fourth-order valence-electron chi connectivity index (χ4n) is 3.33. The van der Waals surface area contributed by atoms with E-state index in [1.165, 1.54) is 44.2 Å². The molecule has 0 spiro atoms. The van der Waals surface area contributed by atoms with Crippen LogP contribution in [0.1, 0.15) is 44.2 Å². The predicted molar refractivity (Wildman–Crippen MR) is 73.4 cm³/mol. The van der Waals surface area contributed by atoms with Crippen LogP contribution in [0, 0.1) is 11.8 Å². The van der Waals surface area contributed by atoms with Crippen LogP contribution in [-0.4, -0.2) is 22.4 Å². The van der Waals surface area contributed by atoms with Crippen molar-refractivity contribution in [2.45, 2.75) is 51.0 Å². The molecule has 3 heteroatoms. The highest BCUT2D eigenvalue weighted by atomic mass is 15.3. The fourth-order valence-corrected chi connectivity index (χ4v) is 3.33. The molecule has 1 aromatic heterocycles. The van der Waals surface area contributed by atoms with Gasteiger partial charge in [-0.25, -0.2) is 0 Å². The zero-order chi connectivity index (χ0) is 12.4. The molecule has 3 rings (SSSR count). The van der Waals surface area contributed by atoms with Crippen LogP contribution in [-0.2, 0) is 13.5 Å². The van der Waals surface area contributed by atoms with Crippen LogP contribution < -0.4 is 5.32 Å². The minimum absolute atomic E-state index is 0.806. The Hall–Kier alpha value is -0.830. The third-order valence-electron chi connectivity index (χ3n) is 5.00. The number of hydrogen-bond donors (Lipinski definition) is 1. The summed E-state index contributed by atoms with van der Waals surface area (Å²) in [6, 6.07) is 2.93. The Balaban J connectivity index is 1.48. The molecule has 100 valence electrons. The second kappa shape index (κ2) is 5.43.